The number of rotatable bonds is 3. The maximum Gasteiger partial charge on any atom is 0.0895 e. The van der Waals surface area contributed by atoms with Gasteiger partial charge in [-0.25, -0.2) is 0 Å². The minimum absolute atomic E-state index is 0.00389. The van der Waals surface area contributed by atoms with Crippen molar-refractivity contribution in [1.29, 1.82) is 0 Å². The summed E-state index contributed by atoms with van der Waals surface area (Å²) in [6.07, 6.45) is 3.51. The highest BCUT2D eigenvalue weighted by Crippen LogP contribution is 2.25. The van der Waals surface area contributed by atoms with Gasteiger partial charge >= 0.3 is 0 Å². The average Bonchev–Trinajstić information content (AvgIpc) is 2.60. The second kappa shape index (κ2) is 4.85. The van der Waals surface area contributed by atoms with E-state index in [1.54, 1.807) is 12.4 Å². The lowest BCUT2D eigenvalue weighted by Crippen LogP contribution is -2.22. The van der Waals surface area contributed by atoms with Crippen LogP contribution in [0.4, 0.5) is 0 Å². The van der Waals surface area contributed by atoms with Crippen LogP contribution in [0, 0.1) is 13.8 Å². The molecule has 0 aliphatic heterocycles. The summed E-state index contributed by atoms with van der Waals surface area (Å²) < 4.78 is 1.88. The van der Waals surface area contributed by atoms with Crippen LogP contribution < -0.4 is 5.73 Å². The fourth-order valence-corrected chi connectivity index (χ4v) is 2.03. The Morgan fingerprint density at radius 3 is 2.47 bits per heavy atom. The van der Waals surface area contributed by atoms with Crippen LogP contribution in [-0.4, -0.2) is 21.3 Å². The van der Waals surface area contributed by atoms with Gasteiger partial charge in [-0.3, -0.25) is 9.67 Å². The summed E-state index contributed by atoms with van der Waals surface area (Å²) in [7, 11) is 0. The summed E-state index contributed by atoms with van der Waals surface area (Å²) in [5.41, 5.74) is 8.70. The van der Waals surface area contributed by atoms with Gasteiger partial charge in [0.15, 0.2) is 0 Å². The van der Waals surface area contributed by atoms with Crippen molar-refractivity contribution in [3.63, 3.8) is 0 Å². The topological polar surface area (TPSA) is 56.7 Å². The van der Waals surface area contributed by atoms with E-state index in [2.05, 4.69) is 10.1 Å². The van der Waals surface area contributed by atoms with Crippen molar-refractivity contribution in [3.05, 3.63) is 46.5 Å². The van der Waals surface area contributed by atoms with Crippen molar-refractivity contribution >= 4 is 11.6 Å². The average molecular weight is 251 g/mol. The molecule has 2 rings (SSSR count). The van der Waals surface area contributed by atoms with Crippen molar-refractivity contribution in [2.45, 2.75) is 19.9 Å². The molecule has 2 aromatic rings. The number of nitrogens with zero attached hydrogens (tertiary/aromatic N) is 3. The molecule has 17 heavy (non-hydrogen) atoms. The van der Waals surface area contributed by atoms with Crippen molar-refractivity contribution in [1.82, 2.24) is 14.8 Å². The lowest BCUT2D eigenvalue weighted by Gasteiger charge is -2.17. The van der Waals surface area contributed by atoms with Crippen LogP contribution in [0.2, 0.25) is 5.02 Å². The first kappa shape index (κ1) is 12.1. The van der Waals surface area contributed by atoms with Gasteiger partial charge in [-0.2, -0.15) is 5.10 Å². The zero-order chi connectivity index (χ0) is 12.4. The van der Waals surface area contributed by atoms with Gasteiger partial charge in [-0.15, -0.1) is 0 Å². The second-order valence-corrected chi connectivity index (χ2v) is 4.34. The Morgan fingerprint density at radius 2 is 2.00 bits per heavy atom. The molecule has 90 valence electrons. The van der Waals surface area contributed by atoms with Crippen LogP contribution in [0.1, 0.15) is 23.0 Å². The highest BCUT2D eigenvalue weighted by Gasteiger charge is 2.18. The first-order valence-corrected chi connectivity index (χ1v) is 5.84. The van der Waals surface area contributed by atoms with E-state index in [-0.39, 0.29) is 6.04 Å². The Morgan fingerprint density at radius 1 is 1.35 bits per heavy atom. The molecule has 1 atom stereocenters. The monoisotopic (exact) mass is 250 g/mol. The number of hydrogen-bond donors (Lipinski definition) is 1. The predicted molar refractivity (Wildman–Crippen MR) is 68.1 cm³/mol. The molecule has 0 aliphatic rings. The summed E-state index contributed by atoms with van der Waals surface area (Å²) in [6.45, 7) is 4.32. The van der Waals surface area contributed by atoms with Crippen LogP contribution >= 0.6 is 11.6 Å². The molecule has 0 fully saturated rings. The molecule has 2 heterocycles. The summed E-state index contributed by atoms with van der Waals surface area (Å²) in [4.78, 5) is 4.00. The molecule has 0 saturated heterocycles. The van der Waals surface area contributed by atoms with E-state index in [1.165, 1.54) is 0 Å². The summed E-state index contributed by atoms with van der Waals surface area (Å²) in [6, 6.07) is 3.90. The summed E-state index contributed by atoms with van der Waals surface area (Å²) >= 11 is 6.15. The van der Waals surface area contributed by atoms with Gasteiger partial charge in [0.1, 0.15) is 0 Å². The SMILES string of the molecule is Cc1nn(C(CN)c2ccncc2)c(C)c1Cl. The van der Waals surface area contributed by atoms with Crippen molar-refractivity contribution in [2.75, 3.05) is 6.54 Å². The van der Waals surface area contributed by atoms with E-state index in [1.807, 2.05) is 30.7 Å². The molecule has 0 radical (unpaired) electrons. The molecule has 0 saturated carbocycles. The van der Waals surface area contributed by atoms with E-state index in [9.17, 15) is 0 Å². The fourth-order valence-electron chi connectivity index (χ4n) is 1.91. The lowest BCUT2D eigenvalue weighted by atomic mass is 10.1. The first-order valence-electron chi connectivity index (χ1n) is 5.46. The van der Waals surface area contributed by atoms with Gasteiger partial charge in [-0.1, -0.05) is 11.6 Å². The molecule has 2 aromatic heterocycles. The predicted octanol–water partition coefficient (Wildman–Crippen LogP) is 2.10. The minimum atomic E-state index is 0.00389. The van der Waals surface area contributed by atoms with Gasteiger partial charge in [0.05, 0.1) is 22.5 Å². The quantitative estimate of drug-likeness (QED) is 0.908. The number of pyridine rings is 1. The number of aryl methyl sites for hydroxylation is 1. The normalized spacial score (nSPS) is 12.7. The summed E-state index contributed by atoms with van der Waals surface area (Å²) in [5.74, 6) is 0. The lowest BCUT2D eigenvalue weighted by molar-refractivity contribution is 0.516. The molecule has 5 heteroatoms. The highest BCUT2D eigenvalue weighted by molar-refractivity contribution is 6.31. The van der Waals surface area contributed by atoms with E-state index in [0.29, 0.717) is 11.6 Å². The third-order valence-corrected chi connectivity index (χ3v) is 3.39. The largest absolute Gasteiger partial charge is 0.328 e. The molecule has 0 aromatic carbocycles. The Balaban J connectivity index is 2.46. The van der Waals surface area contributed by atoms with Crippen LogP contribution in [0.15, 0.2) is 24.5 Å². The van der Waals surface area contributed by atoms with Crippen molar-refractivity contribution < 1.29 is 0 Å². The Hall–Kier alpha value is -1.39. The molecule has 0 amide bonds. The highest BCUT2D eigenvalue weighted by atomic mass is 35.5. The molecule has 0 aliphatic carbocycles. The van der Waals surface area contributed by atoms with E-state index >= 15 is 0 Å². The van der Waals surface area contributed by atoms with Gasteiger partial charge in [0.25, 0.3) is 0 Å². The maximum atomic E-state index is 6.15. The van der Waals surface area contributed by atoms with E-state index in [0.717, 1.165) is 17.0 Å². The fraction of sp³-hybridized carbons (Fsp3) is 0.333. The van der Waals surface area contributed by atoms with Gasteiger partial charge < -0.3 is 5.73 Å². The third kappa shape index (κ3) is 2.18. The Kier molecular flexibility index (Phi) is 3.45. The van der Waals surface area contributed by atoms with E-state index < -0.39 is 0 Å². The molecule has 1 unspecified atom stereocenters. The zero-order valence-electron chi connectivity index (χ0n) is 9.89. The van der Waals surface area contributed by atoms with Crippen molar-refractivity contribution in [3.8, 4) is 0 Å². The number of hydrogen-bond acceptors (Lipinski definition) is 3. The zero-order valence-corrected chi connectivity index (χ0v) is 10.6. The molecule has 4 nitrogen and oxygen atoms in total. The van der Waals surface area contributed by atoms with Crippen LogP contribution in [0.3, 0.4) is 0 Å². The number of halogens is 1. The maximum absolute atomic E-state index is 6.15. The summed E-state index contributed by atoms with van der Waals surface area (Å²) in [5, 5.41) is 5.15. The standard InChI is InChI=1S/C12H15ClN4/c1-8-12(13)9(2)17(16-8)11(7-14)10-3-5-15-6-4-10/h3-6,11H,7,14H2,1-2H3. The van der Waals surface area contributed by atoms with E-state index in [4.69, 9.17) is 17.3 Å². The smallest absolute Gasteiger partial charge is 0.0895 e. The van der Waals surface area contributed by atoms with Gasteiger partial charge in [0, 0.05) is 18.9 Å². The second-order valence-electron chi connectivity index (χ2n) is 3.96. The third-order valence-electron chi connectivity index (χ3n) is 2.85. The van der Waals surface area contributed by atoms with Crippen molar-refractivity contribution in [2.24, 2.45) is 5.73 Å². The Bertz CT molecular complexity index is 507. The first-order chi connectivity index (χ1) is 8.15. The molecule has 0 bridgehead atoms. The van der Waals surface area contributed by atoms with Crippen LogP contribution in [0.5, 0.6) is 0 Å². The molecular formula is C12H15ClN4. The molecule has 2 N–H and O–H groups in total. The Labute approximate surface area is 105 Å². The minimum Gasteiger partial charge on any atom is -0.328 e. The van der Waals surface area contributed by atoms with Crippen LogP contribution in [-0.2, 0) is 0 Å². The van der Waals surface area contributed by atoms with Gasteiger partial charge in [-0.05, 0) is 31.5 Å². The number of nitrogens with two attached hydrogens (primary N) is 1. The molecule has 0 spiro atoms. The van der Waals surface area contributed by atoms with Crippen LogP contribution in [0.25, 0.3) is 0 Å². The van der Waals surface area contributed by atoms with Gasteiger partial charge in [0.2, 0.25) is 0 Å². The number of aromatic nitrogens is 3. The molecular weight excluding hydrogens is 236 g/mol.